The molecule has 0 N–H and O–H groups in total. The predicted molar refractivity (Wildman–Crippen MR) is 52.5 cm³/mol. The van der Waals surface area contributed by atoms with Crippen molar-refractivity contribution in [3.05, 3.63) is 29.8 Å². The molecule has 0 bridgehead atoms. The number of fused-ring (bicyclic) bond motifs is 1. The van der Waals surface area contributed by atoms with Gasteiger partial charge in [0.15, 0.2) is 0 Å². The quantitative estimate of drug-likeness (QED) is 0.645. The molecule has 1 heterocycles. The second kappa shape index (κ2) is 2.44. The fraction of sp³-hybridized carbons (Fsp3) is 0.273. The van der Waals surface area contributed by atoms with Gasteiger partial charge in [-0.15, -0.1) is 0 Å². The predicted octanol–water partition coefficient (Wildman–Crippen LogP) is 1.62. The molecule has 1 aromatic rings. The summed E-state index contributed by atoms with van der Waals surface area (Å²) >= 11 is 0. The van der Waals surface area contributed by atoms with Crippen molar-refractivity contribution in [3.8, 4) is 0 Å². The van der Waals surface area contributed by atoms with Crippen LogP contribution < -0.4 is 5.43 Å². The zero-order valence-electron chi connectivity index (χ0n) is 7.60. The van der Waals surface area contributed by atoms with Gasteiger partial charge in [0.1, 0.15) is 6.29 Å². The van der Waals surface area contributed by atoms with Gasteiger partial charge in [-0.05, 0) is 18.9 Å². The van der Waals surface area contributed by atoms with E-state index in [4.69, 9.17) is 0 Å². The third-order valence-electron chi connectivity index (χ3n) is 2.90. The molecule has 2 aliphatic rings. The highest BCUT2D eigenvalue weighted by atomic mass is 16.1. The van der Waals surface area contributed by atoms with Gasteiger partial charge in [-0.3, -0.25) is 0 Å². The van der Waals surface area contributed by atoms with Crippen LogP contribution in [0.3, 0.4) is 0 Å². The van der Waals surface area contributed by atoms with Crippen LogP contribution >= 0.6 is 0 Å². The number of hydrogen-bond acceptors (Lipinski definition) is 2. The summed E-state index contributed by atoms with van der Waals surface area (Å²) in [4.78, 5) is 11.0. The van der Waals surface area contributed by atoms with Crippen LogP contribution in [-0.2, 0) is 4.79 Å². The highest BCUT2D eigenvalue weighted by Crippen LogP contribution is 2.48. The molecule has 1 saturated carbocycles. The van der Waals surface area contributed by atoms with Crippen LogP contribution in [0.1, 0.15) is 18.4 Å². The first-order valence-electron chi connectivity index (χ1n) is 4.71. The van der Waals surface area contributed by atoms with Crippen molar-refractivity contribution in [1.29, 1.82) is 0 Å². The Labute approximate surface area is 81.8 Å². The normalized spacial score (nSPS) is 20.7. The average molecular weight is 185 g/mol. The van der Waals surface area contributed by atoms with Crippen molar-refractivity contribution in [2.75, 3.05) is 0 Å². The van der Waals surface area contributed by atoms with E-state index in [9.17, 15) is 4.79 Å². The van der Waals surface area contributed by atoms with Crippen LogP contribution in [0, 0.1) is 5.41 Å². The molecule has 69 valence electrons. The number of carbonyl (C=O) groups is 1. The molecule has 1 aliphatic carbocycles. The molecule has 3 heteroatoms. The molecule has 1 fully saturated rings. The molecular weight excluding hydrogens is 176 g/mol. The van der Waals surface area contributed by atoms with E-state index in [1.807, 2.05) is 24.3 Å². The summed E-state index contributed by atoms with van der Waals surface area (Å²) in [6, 6.07) is 7.79. The molecule has 3 rings (SSSR count). The molecule has 0 atom stereocenters. The maximum Gasteiger partial charge on any atom is 0.132 e. The van der Waals surface area contributed by atoms with Crippen molar-refractivity contribution in [2.45, 2.75) is 12.8 Å². The lowest BCUT2D eigenvalue weighted by atomic mass is 9.95. The van der Waals surface area contributed by atoms with E-state index in [0.717, 1.165) is 36.1 Å². The maximum absolute atomic E-state index is 11.0. The third kappa shape index (κ3) is 0.867. The Hall–Kier alpha value is -1.64. The first kappa shape index (κ1) is 7.74. The lowest BCUT2D eigenvalue weighted by molar-refractivity contribution is -0.110. The van der Waals surface area contributed by atoms with Crippen molar-refractivity contribution in [3.63, 3.8) is 0 Å². The minimum absolute atomic E-state index is 0.309. The summed E-state index contributed by atoms with van der Waals surface area (Å²) in [6.07, 6.45) is 2.85. The van der Waals surface area contributed by atoms with Gasteiger partial charge in [-0.2, -0.15) is 10.5 Å². The largest absolute Gasteiger partial charge is 0.302 e. The van der Waals surface area contributed by atoms with Gasteiger partial charge in [-0.1, -0.05) is 18.2 Å². The molecule has 3 nitrogen and oxygen atoms in total. The topological polar surface area (TPSA) is 43.5 Å². The van der Waals surface area contributed by atoms with Gasteiger partial charge in [0.25, 0.3) is 0 Å². The smallest absolute Gasteiger partial charge is 0.132 e. The molecule has 0 amide bonds. The second-order valence-electron chi connectivity index (χ2n) is 3.84. The van der Waals surface area contributed by atoms with Crippen molar-refractivity contribution in [1.82, 2.24) is 5.43 Å². The van der Waals surface area contributed by atoms with E-state index in [1.54, 1.807) is 0 Å². The number of hydrogen-bond donors (Lipinski definition) is 0. The summed E-state index contributed by atoms with van der Waals surface area (Å²) in [5.74, 6) is 0. The molecule has 14 heavy (non-hydrogen) atoms. The van der Waals surface area contributed by atoms with E-state index in [2.05, 4.69) is 10.5 Å². The average Bonchev–Trinajstić information content (AvgIpc) is 2.91. The standard InChI is InChI=1S/C11H9N2O/c14-7-11(5-6-11)10-8-3-1-2-4-9(8)12-13-10/h1-4,7H,5-6H2. The molecule has 1 radical (unpaired) electrons. The van der Waals surface area contributed by atoms with Crippen LogP contribution in [0.15, 0.2) is 29.4 Å². The molecule has 1 aromatic carbocycles. The molecule has 0 saturated heterocycles. The summed E-state index contributed by atoms with van der Waals surface area (Å²) in [5, 5.41) is 4.12. The second-order valence-corrected chi connectivity index (χ2v) is 3.84. The van der Waals surface area contributed by atoms with Gasteiger partial charge >= 0.3 is 0 Å². The van der Waals surface area contributed by atoms with E-state index in [1.165, 1.54) is 0 Å². The van der Waals surface area contributed by atoms with E-state index < -0.39 is 0 Å². The fourth-order valence-corrected chi connectivity index (χ4v) is 1.83. The van der Waals surface area contributed by atoms with Crippen LogP contribution in [0.4, 0.5) is 5.69 Å². The highest BCUT2D eigenvalue weighted by molar-refractivity contribution is 6.18. The van der Waals surface area contributed by atoms with Gasteiger partial charge in [0.2, 0.25) is 0 Å². The molecule has 1 aliphatic heterocycles. The Balaban J connectivity index is 2.09. The number of nitrogens with zero attached hydrogens (tertiary/aromatic N) is 2. The Bertz CT molecular complexity index is 433. The molecule has 0 spiro atoms. The number of rotatable bonds is 2. The monoisotopic (exact) mass is 185 g/mol. The highest BCUT2D eigenvalue weighted by Gasteiger charge is 2.50. The molecular formula is C11H9N2O. The van der Waals surface area contributed by atoms with E-state index in [-0.39, 0.29) is 5.41 Å². The van der Waals surface area contributed by atoms with E-state index in [0.29, 0.717) is 0 Å². The number of benzene rings is 1. The summed E-state index contributed by atoms with van der Waals surface area (Å²) in [6.45, 7) is 0. The Morgan fingerprint density at radius 3 is 2.79 bits per heavy atom. The Morgan fingerprint density at radius 2 is 2.07 bits per heavy atom. The third-order valence-corrected chi connectivity index (χ3v) is 2.90. The van der Waals surface area contributed by atoms with Crippen molar-refractivity contribution < 1.29 is 4.79 Å². The lowest BCUT2D eigenvalue weighted by Crippen LogP contribution is -2.16. The SMILES string of the molecule is O=CC1(C2=N[N]c3ccccc32)CC1. The first-order chi connectivity index (χ1) is 6.86. The van der Waals surface area contributed by atoms with Crippen molar-refractivity contribution >= 4 is 17.7 Å². The van der Waals surface area contributed by atoms with Crippen LogP contribution in [-0.4, -0.2) is 12.0 Å². The van der Waals surface area contributed by atoms with Crippen LogP contribution in [0.2, 0.25) is 0 Å². The number of aldehydes is 1. The minimum Gasteiger partial charge on any atom is -0.302 e. The van der Waals surface area contributed by atoms with Gasteiger partial charge in [0, 0.05) is 5.56 Å². The van der Waals surface area contributed by atoms with Gasteiger partial charge < -0.3 is 4.79 Å². The van der Waals surface area contributed by atoms with Crippen molar-refractivity contribution in [2.24, 2.45) is 10.5 Å². The zero-order chi connectivity index (χ0) is 9.60. The molecule has 0 aromatic heterocycles. The number of carbonyl (C=O) groups excluding carboxylic acids is 1. The minimum atomic E-state index is -0.309. The lowest BCUT2D eigenvalue weighted by Gasteiger charge is -2.05. The fourth-order valence-electron chi connectivity index (χ4n) is 1.83. The summed E-state index contributed by atoms with van der Waals surface area (Å²) in [7, 11) is 0. The van der Waals surface area contributed by atoms with Crippen LogP contribution in [0.5, 0.6) is 0 Å². The summed E-state index contributed by atoms with van der Waals surface area (Å²) < 4.78 is 0. The first-order valence-corrected chi connectivity index (χ1v) is 4.71. The Morgan fingerprint density at radius 1 is 1.29 bits per heavy atom. The summed E-state index contributed by atoms with van der Waals surface area (Å²) in [5.41, 5.74) is 6.53. The van der Waals surface area contributed by atoms with Gasteiger partial charge in [-0.25, -0.2) is 0 Å². The van der Waals surface area contributed by atoms with Crippen LogP contribution in [0.25, 0.3) is 0 Å². The maximum atomic E-state index is 11.0. The van der Waals surface area contributed by atoms with E-state index >= 15 is 0 Å². The van der Waals surface area contributed by atoms with Gasteiger partial charge in [0.05, 0.1) is 16.8 Å². The zero-order valence-corrected chi connectivity index (χ0v) is 7.60. The Kier molecular flexibility index (Phi) is 1.35. The molecule has 0 unspecified atom stereocenters.